The van der Waals surface area contributed by atoms with Gasteiger partial charge >= 0.3 is 0 Å². The van der Waals surface area contributed by atoms with Crippen LogP contribution in [0.1, 0.15) is 5.56 Å². The average molecular weight is 249 g/mol. The fourth-order valence-electron chi connectivity index (χ4n) is 1.26. The van der Waals surface area contributed by atoms with Gasteiger partial charge in [-0.25, -0.2) is 0 Å². The first-order valence-corrected chi connectivity index (χ1v) is 5.09. The predicted molar refractivity (Wildman–Crippen MR) is 59.9 cm³/mol. The van der Waals surface area contributed by atoms with E-state index in [2.05, 4.69) is 32.0 Å². The molecule has 70 valence electrons. The van der Waals surface area contributed by atoms with E-state index in [4.69, 9.17) is 0 Å². The molecule has 0 aliphatic heterocycles. The Labute approximate surface area is 91.2 Å². The van der Waals surface area contributed by atoms with Crippen molar-refractivity contribution in [1.29, 1.82) is 0 Å². The highest BCUT2D eigenvalue weighted by Crippen LogP contribution is 2.25. The van der Waals surface area contributed by atoms with Gasteiger partial charge in [-0.3, -0.25) is 9.97 Å². The molecule has 0 N–H and O–H groups in total. The number of pyridine rings is 2. The van der Waals surface area contributed by atoms with Crippen molar-refractivity contribution in [3.05, 3.63) is 46.8 Å². The van der Waals surface area contributed by atoms with E-state index in [1.165, 1.54) is 0 Å². The summed E-state index contributed by atoms with van der Waals surface area (Å²) < 4.78 is 1.02. The third-order valence-electron chi connectivity index (χ3n) is 1.93. The molecular weight excluding hydrogens is 240 g/mol. The van der Waals surface area contributed by atoms with Gasteiger partial charge in [0.2, 0.25) is 0 Å². The second-order valence-corrected chi connectivity index (χ2v) is 3.93. The Morgan fingerprint density at radius 2 is 1.93 bits per heavy atom. The third-order valence-corrected chi connectivity index (χ3v) is 2.54. The van der Waals surface area contributed by atoms with Crippen LogP contribution < -0.4 is 0 Å². The van der Waals surface area contributed by atoms with Crippen LogP contribution in [0.2, 0.25) is 0 Å². The van der Waals surface area contributed by atoms with Crippen molar-refractivity contribution in [2.45, 2.75) is 6.92 Å². The summed E-state index contributed by atoms with van der Waals surface area (Å²) in [5.74, 6) is 0. The van der Waals surface area contributed by atoms with Gasteiger partial charge in [0.15, 0.2) is 0 Å². The summed E-state index contributed by atoms with van der Waals surface area (Å²) in [5, 5.41) is 0. The topological polar surface area (TPSA) is 25.8 Å². The maximum atomic E-state index is 4.37. The van der Waals surface area contributed by atoms with Gasteiger partial charge in [0.25, 0.3) is 0 Å². The highest BCUT2D eigenvalue weighted by atomic mass is 79.9. The van der Waals surface area contributed by atoms with Crippen LogP contribution in [0.3, 0.4) is 0 Å². The number of hydrogen-bond donors (Lipinski definition) is 0. The first-order chi connectivity index (χ1) is 6.77. The maximum Gasteiger partial charge on any atom is 0.0845 e. The van der Waals surface area contributed by atoms with E-state index < -0.39 is 0 Å². The molecule has 0 atom stereocenters. The molecule has 2 nitrogen and oxygen atoms in total. The summed E-state index contributed by atoms with van der Waals surface area (Å²) in [7, 11) is 0. The van der Waals surface area contributed by atoms with Gasteiger partial charge < -0.3 is 0 Å². The molecule has 0 saturated carbocycles. The number of nitrogens with zero attached hydrogens (tertiary/aromatic N) is 2. The standard InChI is InChI=1S/C11H9BrN2/c1-8-6-10(12)11(14-7-8)9-2-4-13-5-3-9/h2-7H,1H3. The van der Waals surface area contributed by atoms with Gasteiger partial charge in [-0.1, -0.05) is 0 Å². The number of aromatic nitrogens is 2. The molecule has 0 amide bonds. The van der Waals surface area contributed by atoms with Crippen molar-refractivity contribution in [3.63, 3.8) is 0 Å². The van der Waals surface area contributed by atoms with Crippen LogP contribution in [0.4, 0.5) is 0 Å². The van der Waals surface area contributed by atoms with Crippen molar-refractivity contribution < 1.29 is 0 Å². The van der Waals surface area contributed by atoms with Crippen molar-refractivity contribution in [3.8, 4) is 11.3 Å². The summed E-state index contributed by atoms with van der Waals surface area (Å²) in [6.45, 7) is 2.02. The molecule has 14 heavy (non-hydrogen) atoms. The molecule has 2 aromatic rings. The van der Waals surface area contributed by atoms with Crippen molar-refractivity contribution >= 4 is 15.9 Å². The molecule has 0 fully saturated rings. The molecule has 0 aliphatic rings. The Morgan fingerprint density at radius 3 is 2.57 bits per heavy atom. The number of halogens is 1. The molecule has 2 aromatic heterocycles. The van der Waals surface area contributed by atoms with E-state index in [9.17, 15) is 0 Å². The molecule has 0 saturated heterocycles. The van der Waals surface area contributed by atoms with E-state index in [-0.39, 0.29) is 0 Å². The molecular formula is C11H9BrN2. The van der Waals surface area contributed by atoms with Crippen LogP contribution in [0.5, 0.6) is 0 Å². The van der Waals surface area contributed by atoms with Gasteiger partial charge in [-0.2, -0.15) is 0 Å². The van der Waals surface area contributed by atoms with Crippen LogP contribution in [-0.4, -0.2) is 9.97 Å². The summed E-state index contributed by atoms with van der Waals surface area (Å²) in [6.07, 6.45) is 5.40. The zero-order valence-corrected chi connectivity index (χ0v) is 9.32. The van der Waals surface area contributed by atoms with Crippen LogP contribution in [0.15, 0.2) is 41.3 Å². The highest BCUT2D eigenvalue weighted by Gasteiger charge is 2.03. The van der Waals surface area contributed by atoms with Gasteiger partial charge in [0.1, 0.15) is 0 Å². The fourth-order valence-corrected chi connectivity index (χ4v) is 1.95. The molecule has 3 heteroatoms. The molecule has 0 unspecified atom stereocenters. The first-order valence-electron chi connectivity index (χ1n) is 4.30. The number of aryl methyl sites for hydroxylation is 1. The van der Waals surface area contributed by atoms with Gasteiger partial charge in [0.05, 0.1) is 5.69 Å². The van der Waals surface area contributed by atoms with E-state index in [1.54, 1.807) is 12.4 Å². The number of hydrogen-bond acceptors (Lipinski definition) is 2. The Bertz CT molecular complexity index is 440. The second kappa shape index (κ2) is 3.88. The van der Waals surface area contributed by atoms with Crippen LogP contribution in [0.25, 0.3) is 11.3 Å². The Kier molecular flexibility index (Phi) is 2.59. The van der Waals surface area contributed by atoms with Gasteiger partial charge in [-0.15, -0.1) is 0 Å². The van der Waals surface area contributed by atoms with Gasteiger partial charge in [-0.05, 0) is 46.6 Å². The quantitative estimate of drug-likeness (QED) is 0.775. The predicted octanol–water partition coefficient (Wildman–Crippen LogP) is 3.21. The van der Waals surface area contributed by atoms with Gasteiger partial charge in [0, 0.05) is 28.6 Å². The fraction of sp³-hybridized carbons (Fsp3) is 0.0909. The van der Waals surface area contributed by atoms with Crippen LogP contribution in [-0.2, 0) is 0 Å². The van der Waals surface area contributed by atoms with E-state index in [0.717, 1.165) is 21.3 Å². The summed E-state index contributed by atoms with van der Waals surface area (Å²) >= 11 is 3.50. The lowest BCUT2D eigenvalue weighted by molar-refractivity contribution is 1.24. The Morgan fingerprint density at radius 1 is 1.21 bits per heavy atom. The lowest BCUT2D eigenvalue weighted by Crippen LogP contribution is -1.86. The SMILES string of the molecule is Cc1cnc(-c2ccncc2)c(Br)c1. The zero-order chi connectivity index (χ0) is 9.97. The minimum Gasteiger partial charge on any atom is -0.265 e. The van der Waals surface area contributed by atoms with E-state index >= 15 is 0 Å². The lowest BCUT2D eigenvalue weighted by Gasteiger charge is -2.03. The lowest BCUT2D eigenvalue weighted by atomic mass is 10.1. The summed E-state index contributed by atoms with van der Waals surface area (Å²) in [6, 6.07) is 5.95. The molecule has 2 heterocycles. The number of rotatable bonds is 1. The minimum atomic E-state index is 0.956. The summed E-state index contributed by atoms with van der Waals surface area (Å²) in [4.78, 5) is 8.35. The normalized spacial score (nSPS) is 10.1. The average Bonchev–Trinajstić information content (AvgIpc) is 2.19. The molecule has 0 bridgehead atoms. The van der Waals surface area contributed by atoms with E-state index in [0.29, 0.717) is 0 Å². The van der Waals surface area contributed by atoms with Crippen molar-refractivity contribution in [2.75, 3.05) is 0 Å². The third kappa shape index (κ3) is 1.82. The van der Waals surface area contributed by atoms with E-state index in [1.807, 2.05) is 25.3 Å². The van der Waals surface area contributed by atoms with Crippen molar-refractivity contribution in [1.82, 2.24) is 9.97 Å². The van der Waals surface area contributed by atoms with Crippen LogP contribution >= 0.6 is 15.9 Å². The van der Waals surface area contributed by atoms with Crippen molar-refractivity contribution in [2.24, 2.45) is 0 Å². The molecule has 2 rings (SSSR count). The maximum absolute atomic E-state index is 4.37. The Balaban J connectivity index is 2.53. The molecule has 0 radical (unpaired) electrons. The minimum absolute atomic E-state index is 0.956. The first kappa shape index (κ1) is 9.34. The largest absolute Gasteiger partial charge is 0.265 e. The Hall–Kier alpha value is -1.22. The molecule has 0 aliphatic carbocycles. The van der Waals surface area contributed by atoms with Crippen LogP contribution in [0, 0.1) is 6.92 Å². The summed E-state index contributed by atoms with van der Waals surface area (Å²) in [5.41, 5.74) is 3.18. The smallest absolute Gasteiger partial charge is 0.0845 e. The molecule has 0 spiro atoms. The molecule has 0 aromatic carbocycles. The zero-order valence-electron chi connectivity index (χ0n) is 7.74. The second-order valence-electron chi connectivity index (χ2n) is 3.08. The monoisotopic (exact) mass is 248 g/mol. The highest BCUT2D eigenvalue weighted by molar-refractivity contribution is 9.10.